The average Bonchev–Trinajstić information content (AvgIpc) is 3.29. The monoisotopic (exact) mass is 355 g/mol. The molecule has 0 unspecified atom stereocenters. The van der Waals surface area contributed by atoms with Crippen LogP contribution in [0.5, 0.6) is 11.5 Å². The minimum atomic E-state index is 0.308. The average molecular weight is 355 g/mol. The van der Waals surface area contributed by atoms with E-state index in [1.807, 2.05) is 25.1 Å². The van der Waals surface area contributed by atoms with Gasteiger partial charge in [0.15, 0.2) is 16.6 Å². The molecule has 0 atom stereocenters. The van der Waals surface area contributed by atoms with Crippen LogP contribution in [0.25, 0.3) is 11.3 Å². The first-order chi connectivity index (χ1) is 12.0. The lowest BCUT2D eigenvalue weighted by Crippen LogP contribution is -2.07. The quantitative estimate of drug-likeness (QED) is 0.707. The smallest absolute Gasteiger partial charge is 0.231 e. The highest BCUT2D eigenvalue weighted by molar-refractivity contribution is 7.14. The first kappa shape index (κ1) is 16.0. The molecule has 0 radical (unpaired) electrons. The van der Waals surface area contributed by atoms with Crippen LogP contribution < -0.4 is 14.4 Å². The zero-order valence-electron chi connectivity index (χ0n) is 14.9. The highest BCUT2D eigenvalue weighted by atomic mass is 32.1. The first-order valence-electron chi connectivity index (χ1n) is 8.21. The topological polar surface area (TPSA) is 39.5 Å². The molecule has 1 aliphatic heterocycles. The predicted octanol–water partition coefficient (Wildman–Crippen LogP) is 4.07. The number of hydrogen-bond donors (Lipinski definition) is 0. The molecule has 0 amide bonds. The van der Waals surface area contributed by atoms with Gasteiger partial charge in [-0.05, 0) is 37.6 Å². The number of thiazole rings is 1. The van der Waals surface area contributed by atoms with E-state index in [9.17, 15) is 0 Å². The largest absolute Gasteiger partial charge is 0.454 e. The van der Waals surface area contributed by atoms with E-state index in [0.717, 1.165) is 28.9 Å². The second kappa shape index (κ2) is 6.11. The minimum absolute atomic E-state index is 0.308. The van der Waals surface area contributed by atoms with Crippen LogP contribution >= 0.6 is 11.3 Å². The molecule has 0 bridgehead atoms. The van der Waals surface area contributed by atoms with E-state index in [1.165, 1.54) is 22.5 Å². The SMILES string of the molecule is Cc1cc(-c2csc(N(C)C)n2)c(C)n1Cc1ccc2c(c1)OCO2. The summed E-state index contributed by atoms with van der Waals surface area (Å²) >= 11 is 1.67. The van der Waals surface area contributed by atoms with Crippen molar-refractivity contribution in [3.63, 3.8) is 0 Å². The van der Waals surface area contributed by atoms with E-state index in [2.05, 4.69) is 42.0 Å². The van der Waals surface area contributed by atoms with Crippen molar-refractivity contribution in [1.29, 1.82) is 0 Å². The molecule has 130 valence electrons. The minimum Gasteiger partial charge on any atom is -0.454 e. The third kappa shape index (κ3) is 2.87. The third-order valence-electron chi connectivity index (χ3n) is 4.50. The highest BCUT2D eigenvalue weighted by Crippen LogP contribution is 2.34. The van der Waals surface area contributed by atoms with Gasteiger partial charge in [0.2, 0.25) is 6.79 Å². The van der Waals surface area contributed by atoms with E-state index in [-0.39, 0.29) is 0 Å². The van der Waals surface area contributed by atoms with Gasteiger partial charge in [-0.15, -0.1) is 11.3 Å². The molecular formula is C19H21N3O2S. The molecule has 5 nitrogen and oxygen atoms in total. The fraction of sp³-hybridized carbons (Fsp3) is 0.316. The van der Waals surface area contributed by atoms with Gasteiger partial charge in [-0.1, -0.05) is 6.07 Å². The standard InChI is InChI=1S/C19H21N3O2S/c1-12-7-15(16-10-25-19(20-16)21(3)4)13(2)22(12)9-14-5-6-17-18(8-14)24-11-23-17/h5-8,10H,9,11H2,1-4H3. The van der Waals surface area contributed by atoms with Crippen molar-refractivity contribution in [2.45, 2.75) is 20.4 Å². The van der Waals surface area contributed by atoms with Crippen LogP contribution in [0.15, 0.2) is 29.6 Å². The predicted molar refractivity (Wildman–Crippen MR) is 101 cm³/mol. The molecule has 0 aliphatic carbocycles. The van der Waals surface area contributed by atoms with Crippen LogP contribution in [0.3, 0.4) is 0 Å². The maximum atomic E-state index is 5.49. The molecular weight excluding hydrogens is 334 g/mol. The lowest BCUT2D eigenvalue weighted by molar-refractivity contribution is 0.174. The molecule has 6 heteroatoms. The van der Waals surface area contributed by atoms with Gasteiger partial charge >= 0.3 is 0 Å². The second-order valence-electron chi connectivity index (χ2n) is 6.47. The van der Waals surface area contributed by atoms with Gasteiger partial charge in [0.05, 0.1) is 5.69 Å². The molecule has 0 saturated heterocycles. The molecule has 0 fully saturated rings. The van der Waals surface area contributed by atoms with Crippen LogP contribution in [-0.2, 0) is 6.54 Å². The maximum absolute atomic E-state index is 5.49. The van der Waals surface area contributed by atoms with Gasteiger partial charge in [0.25, 0.3) is 0 Å². The zero-order valence-corrected chi connectivity index (χ0v) is 15.7. The van der Waals surface area contributed by atoms with Crippen molar-refractivity contribution in [3.05, 3.63) is 46.6 Å². The van der Waals surface area contributed by atoms with Gasteiger partial charge in [-0.3, -0.25) is 0 Å². The number of rotatable bonds is 4. The molecule has 0 saturated carbocycles. The van der Waals surface area contributed by atoms with Crippen LogP contribution in [0.1, 0.15) is 17.0 Å². The Balaban J connectivity index is 1.65. The van der Waals surface area contributed by atoms with Gasteiger partial charge in [0, 0.05) is 43.0 Å². The van der Waals surface area contributed by atoms with Crippen LogP contribution in [0, 0.1) is 13.8 Å². The fourth-order valence-electron chi connectivity index (χ4n) is 3.12. The summed E-state index contributed by atoms with van der Waals surface area (Å²) < 4.78 is 13.2. The summed E-state index contributed by atoms with van der Waals surface area (Å²) in [4.78, 5) is 6.79. The summed E-state index contributed by atoms with van der Waals surface area (Å²) in [6, 6.07) is 8.36. The Morgan fingerprint density at radius 2 is 1.96 bits per heavy atom. The third-order valence-corrected chi connectivity index (χ3v) is 5.51. The van der Waals surface area contributed by atoms with Crippen molar-refractivity contribution in [1.82, 2.24) is 9.55 Å². The highest BCUT2D eigenvalue weighted by Gasteiger charge is 2.17. The Kier molecular flexibility index (Phi) is 3.92. The van der Waals surface area contributed by atoms with Crippen LogP contribution in [0.4, 0.5) is 5.13 Å². The fourth-order valence-corrected chi connectivity index (χ4v) is 3.88. The molecule has 25 heavy (non-hydrogen) atoms. The van der Waals surface area contributed by atoms with E-state index in [4.69, 9.17) is 14.5 Å². The Hall–Kier alpha value is -2.47. The summed E-state index contributed by atoms with van der Waals surface area (Å²) in [5.74, 6) is 1.65. The number of aromatic nitrogens is 2. The van der Waals surface area contributed by atoms with Crippen molar-refractivity contribution in [2.24, 2.45) is 0 Å². The Morgan fingerprint density at radius 1 is 1.16 bits per heavy atom. The summed E-state index contributed by atoms with van der Waals surface area (Å²) in [6.07, 6.45) is 0. The Labute approximate surface area is 151 Å². The van der Waals surface area contributed by atoms with Gasteiger partial charge in [-0.25, -0.2) is 4.98 Å². The molecule has 2 aromatic heterocycles. The molecule has 0 N–H and O–H groups in total. The van der Waals surface area contributed by atoms with Crippen LogP contribution in [-0.4, -0.2) is 30.4 Å². The molecule has 3 heterocycles. The molecule has 0 spiro atoms. The number of hydrogen-bond acceptors (Lipinski definition) is 5. The zero-order chi connectivity index (χ0) is 17.6. The first-order valence-corrected chi connectivity index (χ1v) is 9.09. The number of ether oxygens (including phenoxy) is 2. The maximum Gasteiger partial charge on any atom is 0.231 e. The van der Waals surface area contributed by atoms with E-state index < -0.39 is 0 Å². The summed E-state index contributed by atoms with van der Waals surface area (Å²) in [5, 5.41) is 3.15. The number of fused-ring (bicyclic) bond motifs is 1. The number of benzene rings is 1. The van der Waals surface area contributed by atoms with Crippen molar-refractivity contribution in [2.75, 3.05) is 25.8 Å². The van der Waals surface area contributed by atoms with E-state index in [1.54, 1.807) is 11.3 Å². The van der Waals surface area contributed by atoms with Crippen LogP contribution in [0.2, 0.25) is 0 Å². The number of aryl methyl sites for hydroxylation is 1. The van der Waals surface area contributed by atoms with E-state index in [0.29, 0.717) is 6.79 Å². The summed E-state index contributed by atoms with van der Waals surface area (Å²) in [6.45, 7) is 5.41. The summed E-state index contributed by atoms with van der Waals surface area (Å²) in [5.41, 5.74) is 5.89. The Bertz CT molecular complexity index is 927. The number of nitrogens with zero attached hydrogens (tertiary/aromatic N) is 3. The lowest BCUT2D eigenvalue weighted by atomic mass is 10.2. The van der Waals surface area contributed by atoms with Gasteiger partial charge in [-0.2, -0.15) is 0 Å². The van der Waals surface area contributed by atoms with E-state index >= 15 is 0 Å². The van der Waals surface area contributed by atoms with Crippen molar-refractivity contribution in [3.8, 4) is 22.8 Å². The molecule has 1 aliphatic rings. The number of anilines is 1. The molecule has 3 aromatic rings. The van der Waals surface area contributed by atoms with Gasteiger partial charge in [0.1, 0.15) is 0 Å². The molecule has 4 rings (SSSR count). The summed E-state index contributed by atoms with van der Waals surface area (Å²) in [7, 11) is 4.04. The Morgan fingerprint density at radius 3 is 2.72 bits per heavy atom. The van der Waals surface area contributed by atoms with Crippen molar-refractivity contribution >= 4 is 16.5 Å². The van der Waals surface area contributed by atoms with Gasteiger partial charge < -0.3 is 18.9 Å². The lowest BCUT2D eigenvalue weighted by Gasteiger charge is -2.10. The normalized spacial score (nSPS) is 12.6. The molecule has 1 aromatic carbocycles. The van der Waals surface area contributed by atoms with Crippen molar-refractivity contribution < 1.29 is 9.47 Å². The second-order valence-corrected chi connectivity index (χ2v) is 7.30.